The van der Waals surface area contributed by atoms with E-state index in [0.717, 1.165) is 28.8 Å². The molecule has 1 fully saturated rings. The highest BCUT2D eigenvalue weighted by molar-refractivity contribution is 5.89. The van der Waals surface area contributed by atoms with Gasteiger partial charge in [-0.25, -0.2) is 4.99 Å². The molecule has 0 saturated carbocycles. The maximum absolute atomic E-state index is 12.9. The molecule has 148 valence electrons. The van der Waals surface area contributed by atoms with Crippen LogP contribution in [0.5, 0.6) is 0 Å². The Morgan fingerprint density at radius 1 is 1.21 bits per heavy atom. The summed E-state index contributed by atoms with van der Waals surface area (Å²) in [5.41, 5.74) is 5.89. The largest absolute Gasteiger partial charge is 0.481 e. The second-order valence-electron chi connectivity index (χ2n) is 6.75. The van der Waals surface area contributed by atoms with Gasteiger partial charge in [0.1, 0.15) is 5.84 Å². The van der Waals surface area contributed by atoms with Crippen molar-refractivity contribution in [2.24, 2.45) is 4.99 Å². The monoisotopic (exact) mass is 391 g/mol. The number of hydrazine groups is 1. The maximum Gasteiger partial charge on any atom is 0.416 e. The van der Waals surface area contributed by atoms with Gasteiger partial charge in [-0.05, 0) is 60.9 Å². The van der Waals surface area contributed by atoms with Crippen LogP contribution in [0, 0.1) is 13.8 Å². The number of hydrogen-bond acceptors (Lipinski definition) is 3. The third kappa shape index (κ3) is 4.44. The zero-order valence-electron chi connectivity index (χ0n) is 15.5. The van der Waals surface area contributed by atoms with Gasteiger partial charge in [-0.3, -0.25) is 15.2 Å². The van der Waals surface area contributed by atoms with Crippen molar-refractivity contribution in [3.05, 3.63) is 58.7 Å². The molecule has 8 heteroatoms. The van der Waals surface area contributed by atoms with Gasteiger partial charge in [0.05, 0.1) is 23.4 Å². The summed E-state index contributed by atoms with van der Waals surface area (Å²) in [6, 6.07) is 8.76. The van der Waals surface area contributed by atoms with E-state index in [0.29, 0.717) is 30.2 Å². The van der Waals surface area contributed by atoms with Gasteiger partial charge in [0.15, 0.2) is 0 Å². The average molecular weight is 391 g/mol. The van der Waals surface area contributed by atoms with Crippen LogP contribution in [0.25, 0.3) is 0 Å². The van der Waals surface area contributed by atoms with E-state index in [4.69, 9.17) is 5.11 Å². The number of aryl methyl sites for hydroxylation is 2. The number of carbonyl (C=O) groups is 1. The molecular weight excluding hydrogens is 371 g/mol. The first-order valence-corrected chi connectivity index (χ1v) is 8.74. The third-order valence-corrected chi connectivity index (χ3v) is 4.59. The molecule has 0 aromatic heterocycles. The highest BCUT2D eigenvalue weighted by Crippen LogP contribution is 2.32. The summed E-state index contributed by atoms with van der Waals surface area (Å²) < 4.78 is 38.7. The van der Waals surface area contributed by atoms with E-state index in [1.54, 1.807) is 11.1 Å². The van der Waals surface area contributed by atoms with Crippen molar-refractivity contribution in [1.29, 1.82) is 0 Å². The summed E-state index contributed by atoms with van der Waals surface area (Å²) >= 11 is 0. The van der Waals surface area contributed by atoms with E-state index < -0.39 is 17.7 Å². The number of nitrogens with one attached hydrogen (secondary N) is 1. The fourth-order valence-electron chi connectivity index (χ4n) is 3.23. The van der Waals surface area contributed by atoms with Crippen molar-refractivity contribution in [2.45, 2.75) is 32.9 Å². The van der Waals surface area contributed by atoms with Gasteiger partial charge in [0.25, 0.3) is 0 Å². The number of benzene rings is 2. The minimum atomic E-state index is -4.39. The summed E-state index contributed by atoms with van der Waals surface area (Å²) in [5, 5.41) is 10.6. The molecule has 5 nitrogen and oxygen atoms in total. The van der Waals surface area contributed by atoms with Crippen LogP contribution in [0.3, 0.4) is 0 Å². The lowest BCUT2D eigenvalue weighted by molar-refractivity contribution is -0.138. The van der Waals surface area contributed by atoms with Crippen LogP contribution in [0.4, 0.5) is 24.5 Å². The van der Waals surface area contributed by atoms with Crippen LogP contribution < -0.4 is 10.4 Å². The lowest BCUT2D eigenvalue weighted by Gasteiger charge is -2.19. The normalized spacial score (nSPS) is 15.8. The Morgan fingerprint density at radius 2 is 1.89 bits per heavy atom. The van der Waals surface area contributed by atoms with Gasteiger partial charge in [0.2, 0.25) is 0 Å². The number of halogens is 3. The zero-order valence-corrected chi connectivity index (χ0v) is 15.5. The number of alkyl halides is 3. The van der Waals surface area contributed by atoms with Crippen molar-refractivity contribution in [1.82, 2.24) is 5.43 Å². The van der Waals surface area contributed by atoms with Gasteiger partial charge < -0.3 is 5.11 Å². The molecule has 0 spiro atoms. The molecule has 28 heavy (non-hydrogen) atoms. The standard InChI is InChI=1S/C20H20F3N3O2/c1-12-8-15(9-13(2)17(12)11-19(27)28)24-18-6-7-26(25-18)16-5-3-4-14(10-16)20(21,22)23/h3-5,8-10H,6-7,11H2,1-2H3,(H,24,25)(H,27,28). The molecule has 3 rings (SSSR count). The second-order valence-corrected chi connectivity index (χ2v) is 6.75. The van der Waals surface area contributed by atoms with Gasteiger partial charge in [0, 0.05) is 13.0 Å². The first kappa shape index (κ1) is 19.7. The maximum atomic E-state index is 12.9. The van der Waals surface area contributed by atoms with Crippen molar-refractivity contribution >= 4 is 23.2 Å². The van der Waals surface area contributed by atoms with Gasteiger partial charge in [-0.15, -0.1) is 0 Å². The lowest BCUT2D eigenvalue weighted by atomic mass is 9.99. The SMILES string of the molecule is Cc1cc(N=C2CCN(c3cccc(C(F)(F)F)c3)N2)cc(C)c1CC(=O)O. The van der Waals surface area contributed by atoms with E-state index in [1.807, 2.05) is 26.0 Å². The number of rotatable bonds is 4. The molecule has 2 N–H and O–H groups in total. The van der Waals surface area contributed by atoms with Crippen molar-refractivity contribution in [2.75, 3.05) is 11.6 Å². The van der Waals surface area contributed by atoms with E-state index in [-0.39, 0.29) is 6.42 Å². The minimum absolute atomic E-state index is 0.0455. The Morgan fingerprint density at radius 3 is 2.50 bits per heavy atom. The Hall–Kier alpha value is -3.03. The van der Waals surface area contributed by atoms with Gasteiger partial charge in [-0.1, -0.05) is 6.07 Å². The quantitative estimate of drug-likeness (QED) is 0.811. The van der Waals surface area contributed by atoms with Gasteiger partial charge in [-0.2, -0.15) is 13.2 Å². The predicted molar refractivity (Wildman–Crippen MR) is 101 cm³/mol. The number of aliphatic carboxylic acids is 1. The number of nitrogens with zero attached hydrogens (tertiary/aromatic N) is 2. The van der Waals surface area contributed by atoms with Gasteiger partial charge >= 0.3 is 12.1 Å². The van der Waals surface area contributed by atoms with E-state index in [9.17, 15) is 18.0 Å². The second kappa shape index (κ2) is 7.53. The smallest absolute Gasteiger partial charge is 0.416 e. The zero-order chi connectivity index (χ0) is 20.5. The Balaban J connectivity index is 1.79. The van der Waals surface area contributed by atoms with Crippen LogP contribution in [0.2, 0.25) is 0 Å². The average Bonchev–Trinajstić information content (AvgIpc) is 3.06. The number of aliphatic imine (C=N–C) groups is 1. The number of anilines is 1. The first-order valence-electron chi connectivity index (χ1n) is 8.74. The van der Waals surface area contributed by atoms with E-state index in [1.165, 1.54) is 6.07 Å². The lowest BCUT2D eigenvalue weighted by Crippen LogP contribution is -2.33. The Labute approximate surface area is 160 Å². The summed E-state index contributed by atoms with van der Waals surface area (Å²) in [5.74, 6) is -0.248. The highest BCUT2D eigenvalue weighted by Gasteiger charge is 2.31. The summed E-state index contributed by atoms with van der Waals surface area (Å²) in [4.78, 5) is 15.5. The van der Waals surface area contributed by atoms with Crippen molar-refractivity contribution in [3.63, 3.8) is 0 Å². The number of hydrogen-bond donors (Lipinski definition) is 2. The number of amidine groups is 1. The molecule has 1 aliphatic rings. The molecule has 1 heterocycles. The van der Waals surface area contributed by atoms with E-state index >= 15 is 0 Å². The molecule has 0 amide bonds. The molecule has 2 aromatic carbocycles. The number of carboxylic acids is 1. The summed E-state index contributed by atoms with van der Waals surface area (Å²) in [6.07, 6.45) is -3.87. The molecule has 0 aliphatic carbocycles. The molecule has 2 aromatic rings. The topological polar surface area (TPSA) is 64.9 Å². The molecule has 0 atom stereocenters. The minimum Gasteiger partial charge on any atom is -0.481 e. The number of carboxylic acid groups (broad SMARTS) is 1. The summed E-state index contributed by atoms with van der Waals surface area (Å²) in [6.45, 7) is 4.17. The third-order valence-electron chi connectivity index (χ3n) is 4.59. The Bertz CT molecular complexity index is 916. The highest BCUT2D eigenvalue weighted by atomic mass is 19.4. The molecule has 0 bridgehead atoms. The fraction of sp³-hybridized carbons (Fsp3) is 0.300. The van der Waals surface area contributed by atoms with Crippen LogP contribution in [-0.2, 0) is 17.4 Å². The molecule has 1 aliphatic heterocycles. The predicted octanol–water partition coefficient (Wildman–Crippen LogP) is 4.39. The first-order chi connectivity index (χ1) is 13.1. The van der Waals surface area contributed by atoms with E-state index in [2.05, 4.69) is 10.4 Å². The molecule has 1 saturated heterocycles. The summed E-state index contributed by atoms with van der Waals surface area (Å²) in [7, 11) is 0. The molecular formula is C20H20F3N3O2. The van der Waals surface area contributed by atoms with Crippen LogP contribution in [0.1, 0.15) is 28.7 Å². The fourth-order valence-corrected chi connectivity index (χ4v) is 3.23. The van der Waals surface area contributed by atoms with Crippen LogP contribution in [0.15, 0.2) is 41.4 Å². The van der Waals surface area contributed by atoms with Crippen LogP contribution >= 0.6 is 0 Å². The molecule has 0 unspecified atom stereocenters. The molecule has 0 radical (unpaired) electrons. The van der Waals surface area contributed by atoms with Crippen LogP contribution in [-0.4, -0.2) is 23.5 Å². The Kier molecular flexibility index (Phi) is 5.31. The van der Waals surface area contributed by atoms with Crippen molar-refractivity contribution < 1.29 is 23.1 Å². The van der Waals surface area contributed by atoms with Crippen molar-refractivity contribution in [3.8, 4) is 0 Å².